The summed E-state index contributed by atoms with van der Waals surface area (Å²) in [6, 6.07) is 7.82. The van der Waals surface area contributed by atoms with Gasteiger partial charge in [0, 0.05) is 6.54 Å². The third kappa shape index (κ3) is 2.11. The monoisotopic (exact) mass is 298 g/mol. The zero-order valence-corrected chi connectivity index (χ0v) is 11.1. The lowest BCUT2D eigenvalue weighted by Gasteiger charge is -2.04. The first-order valence-corrected chi connectivity index (χ1v) is 6.36. The molecule has 1 heterocycles. The highest BCUT2D eigenvalue weighted by Gasteiger charge is 2.12. The number of nitrogens with two attached hydrogens (primary N) is 1. The fourth-order valence-electron chi connectivity index (χ4n) is 1.40. The van der Waals surface area contributed by atoms with Crippen LogP contribution >= 0.6 is 27.3 Å². The van der Waals surface area contributed by atoms with Crippen LogP contribution < -0.4 is 10.5 Å². The Bertz CT molecular complexity index is 498. The third-order valence-electron chi connectivity index (χ3n) is 2.17. The Hall–Kier alpha value is -0.910. The molecule has 1 aromatic carbocycles. The average molecular weight is 299 g/mol. The zero-order chi connectivity index (χ0) is 11.5. The number of hydrogen-bond donors (Lipinski definition) is 1. The smallest absolute Gasteiger partial charge is 0.129 e. The fourth-order valence-corrected chi connectivity index (χ4v) is 2.96. The van der Waals surface area contributed by atoms with Crippen molar-refractivity contribution in [2.75, 3.05) is 7.11 Å². The van der Waals surface area contributed by atoms with E-state index in [-0.39, 0.29) is 0 Å². The molecule has 0 atom stereocenters. The molecule has 1 aromatic heterocycles. The standard InChI is InChI=1S/C11H11BrN2OS/c1-15-8-5-3-2-4-7(8)11-14-10(12)9(6-13)16-11/h2-5H,6,13H2,1H3. The molecule has 0 saturated carbocycles. The minimum absolute atomic E-state index is 0.493. The second kappa shape index (κ2) is 4.95. The normalized spacial score (nSPS) is 10.4. The van der Waals surface area contributed by atoms with E-state index in [4.69, 9.17) is 10.5 Å². The maximum atomic E-state index is 5.62. The Morgan fingerprint density at radius 3 is 2.81 bits per heavy atom. The van der Waals surface area contributed by atoms with Crippen molar-refractivity contribution in [1.82, 2.24) is 4.98 Å². The van der Waals surface area contributed by atoms with Gasteiger partial charge in [-0.15, -0.1) is 11.3 Å². The third-order valence-corrected chi connectivity index (χ3v) is 4.20. The highest BCUT2D eigenvalue weighted by molar-refractivity contribution is 9.10. The van der Waals surface area contributed by atoms with Crippen molar-refractivity contribution >= 4 is 27.3 Å². The van der Waals surface area contributed by atoms with Crippen LogP contribution in [0.1, 0.15) is 4.88 Å². The van der Waals surface area contributed by atoms with Gasteiger partial charge >= 0.3 is 0 Å². The van der Waals surface area contributed by atoms with E-state index in [1.807, 2.05) is 24.3 Å². The molecule has 0 aliphatic carbocycles. The van der Waals surface area contributed by atoms with Crippen molar-refractivity contribution in [3.8, 4) is 16.3 Å². The van der Waals surface area contributed by atoms with Gasteiger partial charge in [0.2, 0.25) is 0 Å². The van der Waals surface area contributed by atoms with Gasteiger partial charge < -0.3 is 10.5 Å². The van der Waals surface area contributed by atoms with Gasteiger partial charge in [0.05, 0.1) is 17.6 Å². The number of halogens is 1. The van der Waals surface area contributed by atoms with Crippen LogP contribution in [0.2, 0.25) is 0 Å². The fraction of sp³-hybridized carbons (Fsp3) is 0.182. The number of para-hydroxylation sites is 1. The van der Waals surface area contributed by atoms with Gasteiger partial charge in [0.25, 0.3) is 0 Å². The number of aromatic nitrogens is 1. The first-order chi connectivity index (χ1) is 7.76. The van der Waals surface area contributed by atoms with Gasteiger partial charge in [-0.3, -0.25) is 0 Å². The maximum Gasteiger partial charge on any atom is 0.129 e. The Labute approximate surface area is 106 Å². The molecule has 2 aromatic rings. The highest BCUT2D eigenvalue weighted by atomic mass is 79.9. The Balaban J connectivity index is 2.49. The van der Waals surface area contributed by atoms with E-state index in [1.165, 1.54) is 0 Å². The molecule has 0 spiro atoms. The quantitative estimate of drug-likeness (QED) is 0.947. The van der Waals surface area contributed by atoms with Crippen molar-refractivity contribution in [1.29, 1.82) is 0 Å². The summed E-state index contributed by atoms with van der Waals surface area (Å²) in [4.78, 5) is 5.48. The summed E-state index contributed by atoms with van der Waals surface area (Å²) in [5, 5.41) is 0.921. The lowest BCUT2D eigenvalue weighted by atomic mass is 10.2. The topological polar surface area (TPSA) is 48.1 Å². The van der Waals surface area contributed by atoms with Crippen molar-refractivity contribution in [3.63, 3.8) is 0 Å². The summed E-state index contributed by atoms with van der Waals surface area (Å²) in [6.45, 7) is 0.493. The SMILES string of the molecule is COc1ccccc1-c1nc(Br)c(CN)s1. The van der Waals surface area contributed by atoms with E-state index in [1.54, 1.807) is 18.4 Å². The van der Waals surface area contributed by atoms with Crippen molar-refractivity contribution in [2.24, 2.45) is 5.73 Å². The summed E-state index contributed by atoms with van der Waals surface area (Å²) >= 11 is 4.98. The molecule has 0 fully saturated rings. The summed E-state index contributed by atoms with van der Waals surface area (Å²) in [5.41, 5.74) is 6.62. The molecule has 2 rings (SSSR count). The number of hydrogen-bond acceptors (Lipinski definition) is 4. The molecule has 3 nitrogen and oxygen atoms in total. The number of methoxy groups -OCH3 is 1. The van der Waals surface area contributed by atoms with Gasteiger partial charge in [-0.1, -0.05) is 12.1 Å². The van der Waals surface area contributed by atoms with Crippen molar-refractivity contribution in [3.05, 3.63) is 33.7 Å². The molecular weight excluding hydrogens is 288 g/mol. The number of ether oxygens (including phenoxy) is 1. The molecule has 0 radical (unpaired) electrons. The second-order valence-electron chi connectivity index (χ2n) is 3.14. The second-order valence-corrected chi connectivity index (χ2v) is 4.97. The van der Waals surface area contributed by atoms with Crippen LogP contribution in [0.3, 0.4) is 0 Å². The van der Waals surface area contributed by atoms with Crippen LogP contribution in [0.5, 0.6) is 5.75 Å². The van der Waals surface area contributed by atoms with Gasteiger partial charge in [0.15, 0.2) is 0 Å². The van der Waals surface area contributed by atoms with Crippen LogP contribution in [-0.4, -0.2) is 12.1 Å². The molecule has 0 aliphatic heterocycles. The molecule has 0 amide bonds. The van der Waals surface area contributed by atoms with Gasteiger partial charge in [-0.05, 0) is 28.1 Å². The van der Waals surface area contributed by atoms with Crippen LogP contribution in [0, 0.1) is 0 Å². The first kappa shape index (κ1) is 11.6. The Morgan fingerprint density at radius 2 is 2.19 bits per heavy atom. The lowest BCUT2D eigenvalue weighted by Crippen LogP contribution is -1.92. The summed E-state index contributed by atoms with van der Waals surface area (Å²) in [5.74, 6) is 0.826. The number of benzene rings is 1. The number of thiazole rings is 1. The summed E-state index contributed by atoms with van der Waals surface area (Å²) in [6.07, 6.45) is 0. The largest absolute Gasteiger partial charge is 0.496 e. The van der Waals surface area contributed by atoms with Crippen molar-refractivity contribution < 1.29 is 4.74 Å². The van der Waals surface area contributed by atoms with Gasteiger partial charge in [0.1, 0.15) is 15.4 Å². The molecule has 0 saturated heterocycles. The van der Waals surface area contributed by atoms with Crippen molar-refractivity contribution in [2.45, 2.75) is 6.54 Å². The molecular formula is C11H11BrN2OS. The molecule has 84 valence electrons. The van der Waals surface area contributed by atoms with Gasteiger partial charge in [-0.2, -0.15) is 0 Å². The minimum atomic E-state index is 0.493. The Morgan fingerprint density at radius 1 is 1.44 bits per heavy atom. The summed E-state index contributed by atoms with van der Waals surface area (Å²) < 4.78 is 6.12. The molecule has 0 unspecified atom stereocenters. The predicted molar refractivity (Wildman–Crippen MR) is 69.7 cm³/mol. The molecule has 0 bridgehead atoms. The van der Waals surface area contributed by atoms with E-state index < -0.39 is 0 Å². The van der Waals surface area contributed by atoms with Crippen LogP contribution in [0.25, 0.3) is 10.6 Å². The van der Waals surface area contributed by atoms with E-state index >= 15 is 0 Å². The van der Waals surface area contributed by atoms with Gasteiger partial charge in [-0.25, -0.2) is 4.98 Å². The maximum absolute atomic E-state index is 5.62. The van der Waals surface area contributed by atoms with Crippen LogP contribution in [-0.2, 0) is 6.54 Å². The van der Waals surface area contributed by atoms with Crippen LogP contribution in [0.4, 0.5) is 0 Å². The number of rotatable bonds is 3. The molecule has 5 heteroatoms. The van der Waals surface area contributed by atoms with E-state index in [0.29, 0.717) is 6.54 Å². The molecule has 16 heavy (non-hydrogen) atoms. The Kier molecular flexibility index (Phi) is 3.58. The molecule has 0 aliphatic rings. The van der Waals surface area contributed by atoms with Crippen LogP contribution in [0.15, 0.2) is 28.9 Å². The highest BCUT2D eigenvalue weighted by Crippen LogP contribution is 2.35. The number of nitrogens with zero attached hydrogens (tertiary/aromatic N) is 1. The average Bonchev–Trinajstić information content (AvgIpc) is 2.70. The lowest BCUT2D eigenvalue weighted by molar-refractivity contribution is 0.416. The predicted octanol–water partition coefficient (Wildman–Crippen LogP) is 3.04. The molecule has 2 N–H and O–H groups in total. The van der Waals surface area contributed by atoms with E-state index in [9.17, 15) is 0 Å². The first-order valence-electron chi connectivity index (χ1n) is 4.75. The van der Waals surface area contributed by atoms with E-state index in [0.717, 1.165) is 25.8 Å². The minimum Gasteiger partial charge on any atom is -0.496 e. The zero-order valence-electron chi connectivity index (χ0n) is 8.74. The summed E-state index contributed by atoms with van der Waals surface area (Å²) in [7, 11) is 1.66. The van der Waals surface area contributed by atoms with E-state index in [2.05, 4.69) is 20.9 Å².